The molecule has 1 aromatic rings. The number of hydrogen-bond donors (Lipinski definition) is 2. The van der Waals surface area contributed by atoms with E-state index in [0.29, 0.717) is 37.1 Å². The van der Waals surface area contributed by atoms with Crippen LogP contribution >= 0.6 is 0 Å². The number of anilines is 2. The maximum absolute atomic E-state index is 12.2. The molecular weight excluding hydrogens is 270 g/mol. The topological polar surface area (TPSA) is 93.4 Å². The summed E-state index contributed by atoms with van der Waals surface area (Å²) < 4.78 is 5.45. The second kappa shape index (κ2) is 8.28. The van der Waals surface area contributed by atoms with E-state index in [0.717, 1.165) is 6.42 Å². The number of aromatic nitrogens is 2. The molecular formula is C14H25N5O2. The highest BCUT2D eigenvalue weighted by atomic mass is 16.5. The van der Waals surface area contributed by atoms with E-state index in [4.69, 9.17) is 10.5 Å². The van der Waals surface area contributed by atoms with Crippen LogP contribution in [0.5, 0.6) is 5.88 Å². The van der Waals surface area contributed by atoms with Gasteiger partial charge in [-0.05, 0) is 27.2 Å². The van der Waals surface area contributed by atoms with Crippen molar-refractivity contribution in [3.05, 3.63) is 6.33 Å². The number of nitrogen functional groups attached to an aromatic ring is 1. The van der Waals surface area contributed by atoms with E-state index >= 15 is 0 Å². The highest BCUT2D eigenvalue weighted by Gasteiger charge is 2.20. The third kappa shape index (κ3) is 4.47. The number of amides is 1. The molecule has 7 nitrogen and oxygen atoms in total. The Balaban J connectivity index is 2.80. The van der Waals surface area contributed by atoms with Crippen LogP contribution < -0.4 is 15.8 Å². The Bertz CT molecular complexity index is 463. The van der Waals surface area contributed by atoms with Gasteiger partial charge in [-0.25, -0.2) is 4.98 Å². The monoisotopic (exact) mass is 295 g/mol. The SMILES string of the molecule is CCCOc1ncnc(NC(C)C(=O)N(CC)CC)c1N. The molecule has 0 saturated heterocycles. The van der Waals surface area contributed by atoms with Crippen LogP contribution in [0.15, 0.2) is 6.33 Å². The minimum Gasteiger partial charge on any atom is -0.476 e. The molecule has 0 fully saturated rings. The molecule has 0 aliphatic heterocycles. The van der Waals surface area contributed by atoms with Crippen LogP contribution in [0.25, 0.3) is 0 Å². The Morgan fingerprint density at radius 3 is 2.62 bits per heavy atom. The second-order valence-electron chi connectivity index (χ2n) is 4.67. The van der Waals surface area contributed by atoms with Gasteiger partial charge in [-0.2, -0.15) is 4.98 Å². The third-order valence-corrected chi connectivity index (χ3v) is 3.09. The fraction of sp³-hybridized carbons (Fsp3) is 0.643. The number of carbonyl (C=O) groups excluding carboxylic acids is 1. The van der Waals surface area contributed by atoms with E-state index in [2.05, 4.69) is 15.3 Å². The molecule has 0 aliphatic carbocycles. The fourth-order valence-electron chi connectivity index (χ4n) is 1.88. The van der Waals surface area contributed by atoms with Gasteiger partial charge in [0.1, 0.15) is 18.1 Å². The molecule has 1 atom stereocenters. The van der Waals surface area contributed by atoms with Gasteiger partial charge in [-0.1, -0.05) is 6.92 Å². The van der Waals surface area contributed by atoms with Crippen molar-refractivity contribution in [3.8, 4) is 5.88 Å². The molecule has 3 N–H and O–H groups in total. The maximum atomic E-state index is 12.2. The van der Waals surface area contributed by atoms with E-state index in [1.54, 1.807) is 11.8 Å². The number of nitrogens with two attached hydrogens (primary N) is 1. The van der Waals surface area contributed by atoms with Crippen molar-refractivity contribution in [2.75, 3.05) is 30.7 Å². The van der Waals surface area contributed by atoms with Crippen LogP contribution in [-0.4, -0.2) is 46.5 Å². The van der Waals surface area contributed by atoms with Gasteiger partial charge < -0.3 is 20.7 Å². The van der Waals surface area contributed by atoms with Crippen LogP contribution in [0.1, 0.15) is 34.1 Å². The number of hydrogen-bond acceptors (Lipinski definition) is 6. The Kier molecular flexibility index (Phi) is 6.71. The van der Waals surface area contributed by atoms with E-state index in [1.165, 1.54) is 6.33 Å². The van der Waals surface area contributed by atoms with Crippen molar-refractivity contribution >= 4 is 17.4 Å². The van der Waals surface area contributed by atoms with Crippen molar-refractivity contribution in [3.63, 3.8) is 0 Å². The summed E-state index contributed by atoms with van der Waals surface area (Å²) in [6.45, 7) is 9.56. The van der Waals surface area contributed by atoms with Crippen molar-refractivity contribution in [2.24, 2.45) is 0 Å². The van der Waals surface area contributed by atoms with Crippen molar-refractivity contribution in [1.29, 1.82) is 0 Å². The van der Waals surface area contributed by atoms with Gasteiger partial charge >= 0.3 is 0 Å². The zero-order valence-corrected chi connectivity index (χ0v) is 13.2. The summed E-state index contributed by atoms with van der Waals surface area (Å²) in [5.41, 5.74) is 6.30. The van der Waals surface area contributed by atoms with E-state index in [1.807, 2.05) is 20.8 Å². The molecule has 1 rings (SSSR count). The molecule has 1 heterocycles. The molecule has 0 radical (unpaired) electrons. The smallest absolute Gasteiger partial charge is 0.244 e. The number of likely N-dealkylation sites (N-methyl/N-ethyl adjacent to an activating group) is 1. The molecule has 0 saturated carbocycles. The Labute approximate surface area is 125 Å². The van der Waals surface area contributed by atoms with Crippen molar-refractivity contribution < 1.29 is 9.53 Å². The zero-order valence-electron chi connectivity index (χ0n) is 13.2. The van der Waals surface area contributed by atoms with Crippen LogP contribution in [0.2, 0.25) is 0 Å². The number of ether oxygens (including phenoxy) is 1. The lowest BCUT2D eigenvalue weighted by molar-refractivity contribution is -0.131. The first-order chi connectivity index (χ1) is 10.0. The maximum Gasteiger partial charge on any atom is 0.244 e. The molecule has 21 heavy (non-hydrogen) atoms. The summed E-state index contributed by atoms with van der Waals surface area (Å²) >= 11 is 0. The predicted octanol–water partition coefficient (Wildman–Crippen LogP) is 1.52. The zero-order chi connectivity index (χ0) is 15.8. The lowest BCUT2D eigenvalue weighted by Gasteiger charge is -2.24. The molecule has 118 valence electrons. The van der Waals surface area contributed by atoms with Crippen molar-refractivity contribution in [1.82, 2.24) is 14.9 Å². The standard InChI is InChI=1S/C14H25N5O2/c1-5-8-21-13-11(15)12(16-9-17-13)18-10(4)14(20)19(6-2)7-3/h9-10H,5-8,15H2,1-4H3,(H,16,17,18). The van der Waals surface area contributed by atoms with Gasteiger partial charge in [0.05, 0.1) is 6.61 Å². The lowest BCUT2D eigenvalue weighted by atomic mass is 10.2. The van der Waals surface area contributed by atoms with Crippen LogP contribution in [0, 0.1) is 0 Å². The summed E-state index contributed by atoms with van der Waals surface area (Å²) in [6, 6.07) is -0.416. The number of nitrogens with zero attached hydrogens (tertiary/aromatic N) is 3. The summed E-state index contributed by atoms with van der Waals surface area (Å²) in [5.74, 6) is 0.773. The van der Waals surface area contributed by atoms with E-state index in [9.17, 15) is 4.79 Å². The van der Waals surface area contributed by atoms with Crippen LogP contribution in [-0.2, 0) is 4.79 Å². The van der Waals surface area contributed by atoms with Gasteiger partial charge in [-0.15, -0.1) is 0 Å². The largest absolute Gasteiger partial charge is 0.476 e. The van der Waals surface area contributed by atoms with E-state index in [-0.39, 0.29) is 5.91 Å². The third-order valence-electron chi connectivity index (χ3n) is 3.09. The predicted molar refractivity (Wildman–Crippen MR) is 83.2 cm³/mol. The number of carbonyl (C=O) groups is 1. The Morgan fingerprint density at radius 1 is 1.38 bits per heavy atom. The normalized spacial score (nSPS) is 11.8. The average Bonchev–Trinajstić information content (AvgIpc) is 2.49. The minimum absolute atomic E-state index is 0.00837. The molecule has 1 unspecified atom stereocenters. The summed E-state index contributed by atoms with van der Waals surface area (Å²) in [4.78, 5) is 22.1. The minimum atomic E-state index is -0.416. The molecule has 0 bridgehead atoms. The van der Waals surface area contributed by atoms with Gasteiger partial charge in [-0.3, -0.25) is 4.79 Å². The first-order valence-corrected chi connectivity index (χ1v) is 7.33. The quantitative estimate of drug-likeness (QED) is 0.755. The first-order valence-electron chi connectivity index (χ1n) is 7.33. The highest BCUT2D eigenvalue weighted by molar-refractivity contribution is 5.85. The first kappa shape index (κ1) is 17.0. The van der Waals surface area contributed by atoms with Gasteiger partial charge in [0, 0.05) is 13.1 Å². The number of nitrogens with one attached hydrogen (secondary N) is 1. The summed E-state index contributed by atoms with van der Waals surface area (Å²) in [5, 5.41) is 3.03. The molecule has 0 aliphatic rings. The van der Waals surface area contributed by atoms with E-state index < -0.39 is 6.04 Å². The Morgan fingerprint density at radius 2 is 2.05 bits per heavy atom. The molecule has 0 aromatic carbocycles. The summed E-state index contributed by atoms with van der Waals surface area (Å²) in [6.07, 6.45) is 2.24. The van der Waals surface area contributed by atoms with Crippen LogP contribution in [0.3, 0.4) is 0 Å². The molecule has 7 heteroatoms. The fourth-order valence-corrected chi connectivity index (χ4v) is 1.88. The van der Waals surface area contributed by atoms with Gasteiger partial charge in [0.25, 0.3) is 0 Å². The number of rotatable bonds is 8. The molecule has 1 aromatic heterocycles. The lowest BCUT2D eigenvalue weighted by Crippen LogP contribution is -2.41. The van der Waals surface area contributed by atoms with Crippen LogP contribution in [0.4, 0.5) is 11.5 Å². The molecule has 1 amide bonds. The summed E-state index contributed by atoms with van der Waals surface area (Å²) in [7, 11) is 0. The highest BCUT2D eigenvalue weighted by Crippen LogP contribution is 2.25. The second-order valence-corrected chi connectivity index (χ2v) is 4.67. The average molecular weight is 295 g/mol. The Hall–Kier alpha value is -2.05. The van der Waals surface area contributed by atoms with Gasteiger partial charge in [0.15, 0.2) is 5.82 Å². The molecule has 0 spiro atoms. The van der Waals surface area contributed by atoms with Crippen molar-refractivity contribution in [2.45, 2.75) is 40.2 Å². The van der Waals surface area contributed by atoms with Gasteiger partial charge in [0.2, 0.25) is 11.8 Å².